The summed E-state index contributed by atoms with van der Waals surface area (Å²) < 4.78 is 24.9. The highest BCUT2D eigenvalue weighted by Gasteiger charge is 2.30. The fourth-order valence-electron chi connectivity index (χ4n) is 2.36. The molecule has 0 spiro atoms. The zero-order valence-electron chi connectivity index (χ0n) is 14.0. The molecule has 1 N–H and O–H groups in total. The lowest BCUT2D eigenvalue weighted by Gasteiger charge is -2.25. The summed E-state index contributed by atoms with van der Waals surface area (Å²) in [4.78, 5) is 12.7. The van der Waals surface area contributed by atoms with Crippen molar-refractivity contribution in [1.82, 2.24) is 4.31 Å². The van der Waals surface area contributed by atoms with Gasteiger partial charge in [0.2, 0.25) is 15.9 Å². The highest BCUT2D eigenvalue weighted by Crippen LogP contribution is 2.24. The van der Waals surface area contributed by atoms with Crippen molar-refractivity contribution in [2.24, 2.45) is 0 Å². The average Bonchev–Trinajstić information content (AvgIpc) is 2.57. The first-order chi connectivity index (χ1) is 11.8. The number of sulfonamides is 1. The summed E-state index contributed by atoms with van der Waals surface area (Å²) in [5.41, 5.74) is 1.96. The summed E-state index contributed by atoms with van der Waals surface area (Å²) in [6.45, 7) is 0. The second kappa shape index (κ2) is 7.92. The lowest BCUT2D eigenvalue weighted by Crippen LogP contribution is -2.38. The lowest BCUT2D eigenvalue weighted by molar-refractivity contribution is -0.119. The summed E-state index contributed by atoms with van der Waals surface area (Å²) in [6, 6.07) is 16.7. The molecule has 0 aromatic heterocycles. The van der Waals surface area contributed by atoms with Gasteiger partial charge in [0, 0.05) is 12.7 Å². The van der Waals surface area contributed by atoms with Gasteiger partial charge in [-0.15, -0.1) is 0 Å². The molecule has 2 aromatic rings. The number of rotatable bonds is 6. The first-order valence-electron chi connectivity index (χ1n) is 7.57. The van der Waals surface area contributed by atoms with Gasteiger partial charge in [0.05, 0.1) is 18.7 Å². The molecule has 0 saturated carbocycles. The largest absolute Gasteiger partial charge is 0.324 e. The minimum absolute atomic E-state index is 0.289. The van der Waals surface area contributed by atoms with Gasteiger partial charge >= 0.3 is 0 Å². The van der Waals surface area contributed by atoms with Gasteiger partial charge in [0.25, 0.3) is 0 Å². The van der Waals surface area contributed by atoms with Crippen molar-refractivity contribution >= 4 is 21.6 Å². The normalized spacial score (nSPS) is 12.4. The number of nitrogens with zero attached hydrogens (tertiary/aromatic N) is 2. The van der Waals surface area contributed by atoms with Crippen molar-refractivity contribution in [3.8, 4) is 6.07 Å². The summed E-state index contributed by atoms with van der Waals surface area (Å²) in [5.74, 6) is -0.452. The second-order valence-electron chi connectivity index (χ2n) is 5.61. The Labute approximate surface area is 147 Å². The SMILES string of the molecule is CN(C(C(=O)Nc1ccc(CC#N)cc1)c1ccccc1)S(C)(=O)=O. The van der Waals surface area contributed by atoms with Gasteiger partial charge in [0.1, 0.15) is 6.04 Å². The number of amides is 1. The summed E-state index contributed by atoms with van der Waals surface area (Å²) in [7, 11) is -2.19. The fourth-order valence-corrected chi connectivity index (χ4v) is 2.96. The Kier molecular flexibility index (Phi) is 5.91. The maximum Gasteiger partial charge on any atom is 0.247 e. The van der Waals surface area contributed by atoms with Crippen molar-refractivity contribution in [1.29, 1.82) is 5.26 Å². The maximum absolute atomic E-state index is 12.7. The zero-order valence-corrected chi connectivity index (χ0v) is 14.8. The maximum atomic E-state index is 12.7. The zero-order chi connectivity index (χ0) is 18.4. The third-order valence-corrected chi connectivity index (χ3v) is 5.01. The third kappa shape index (κ3) is 4.89. The molecule has 1 atom stereocenters. The van der Waals surface area contributed by atoms with Crippen molar-refractivity contribution in [2.45, 2.75) is 12.5 Å². The topological polar surface area (TPSA) is 90.3 Å². The third-order valence-electron chi connectivity index (χ3n) is 3.76. The fraction of sp³-hybridized carbons (Fsp3) is 0.222. The van der Waals surface area contributed by atoms with Crippen molar-refractivity contribution in [3.05, 3.63) is 65.7 Å². The van der Waals surface area contributed by atoms with Gasteiger partial charge in [-0.3, -0.25) is 4.79 Å². The van der Waals surface area contributed by atoms with Crippen LogP contribution in [-0.4, -0.2) is 31.9 Å². The van der Waals surface area contributed by atoms with Gasteiger partial charge in [-0.2, -0.15) is 9.57 Å². The van der Waals surface area contributed by atoms with E-state index >= 15 is 0 Å². The van der Waals surface area contributed by atoms with Crippen LogP contribution in [0.3, 0.4) is 0 Å². The van der Waals surface area contributed by atoms with Crippen LogP contribution < -0.4 is 5.32 Å². The van der Waals surface area contributed by atoms with E-state index in [0.29, 0.717) is 11.3 Å². The first kappa shape index (κ1) is 18.6. The molecule has 0 aliphatic carbocycles. The average molecular weight is 357 g/mol. The molecule has 6 nitrogen and oxygen atoms in total. The number of nitriles is 1. The monoisotopic (exact) mass is 357 g/mol. The number of hydrogen-bond donors (Lipinski definition) is 1. The smallest absolute Gasteiger partial charge is 0.247 e. The number of carbonyl (C=O) groups is 1. The predicted molar refractivity (Wildman–Crippen MR) is 96.2 cm³/mol. The molecular formula is C18H19N3O3S. The number of likely N-dealkylation sites (N-methyl/N-ethyl adjacent to an activating group) is 1. The van der Waals surface area contributed by atoms with Crippen LogP contribution in [0.2, 0.25) is 0 Å². The van der Waals surface area contributed by atoms with Crippen molar-refractivity contribution in [3.63, 3.8) is 0 Å². The van der Waals surface area contributed by atoms with E-state index in [-0.39, 0.29) is 6.42 Å². The number of nitrogens with one attached hydrogen (secondary N) is 1. The first-order valence-corrected chi connectivity index (χ1v) is 9.42. The van der Waals surface area contributed by atoms with Gasteiger partial charge in [0.15, 0.2) is 0 Å². The van der Waals surface area contributed by atoms with Crippen LogP contribution in [0.4, 0.5) is 5.69 Å². The molecule has 130 valence electrons. The molecule has 0 heterocycles. The molecule has 0 fully saturated rings. The molecule has 0 radical (unpaired) electrons. The molecule has 0 bridgehead atoms. The van der Waals surface area contributed by atoms with E-state index < -0.39 is 22.0 Å². The van der Waals surface area contributed by atoms with Gasteiger partial charge < -0.3 is 5.32 Å². The van der Waals surface area contributed by atoms with E-state index in [1.807, 2.05) is 0 Å². The molecule has 0 aliphatic heterocycles. The number of anilines is 1. The number of hydrogen-bond acceptors (Lipinski definition) is 4. The van der Waals surface area contributed by atoms with E-state index in [1.54, 1.807) is 54.6 Å². The molecule has 7 heteroatoms. The summed E-state index contributed by atoms with van der Waals surface area (Å²) in [5, 5.41) is 11.4. The van der Waals surface area contributed by atoms with Crippen LogP contribution in [0.15, 0.2) is 54.6 Å². The molecule has 25 heavy (non-hydrogen) atoms. The minimum atomic E-state index is -3.57. The van der Waals surface area contributed by atoms with E-state index in [4.69, 9.17) is 5.26 Å². The van der Waals surface area contributed by atoms with Crippen LogP contribution in [0.1, 0.15) is 17.2 Å². The standard InChI is InChI=1S/C18H19N3O3S/c1-21(25(2,23)24)17(15-6-4-3-5-7-15)18(22)20-16-10-8-14(9-11-16)12-13-19/h3-11,17H,12H2,1-2H3,(H,20,22). The van der Waals surface area contributed by atoms with Crippen LogP contribution in [0.5, 0.6) is 0 Å². The second-order valence-corrected chi connectivity index (χ2v) is 7.66. The van der Waals surface area contributed by atoms with Crippen LogP contribution in [0, 0.1) is 11.3 Å². The number of carbonyl (C=O) groups excluding carboxylic acids is 1. The predicted octanol–water partition coefficient (Wildman–Crippen LogP) is 2.32. The highest BCUT2D eigenvalue weighted by molar-refractivity contribution is 7.88. The van der Waals surface area contributed by atoms with Gasteiger partial charge in [-0.25, -0.2) is 8.42 Å². The van der Waals surface area contributed by atoms with E-state index in [9.17, 15) is 13.2 Å². The lowest BCUT2D eigenvalue weighted by atomic mass is 10.1. The molecule has 0 aliphatic rings. The van der Waals surface area contributed by atoms with Crippen LogP contribution in [-0.2, 0) is 21.2 Å². The Morgan fingerprint density at radius 2 is 1.76 bits per heavy atom. The Bertz CT molecular complexity index is 872. The van der Waals surface area contributed by atoms with E-state index in [2.05, 4.69) is 11.4 Å². The number of benzene rings is 2. The molecule has 1 unspecified atom stereocenters. The quantitative estimate of drug-likeness (QED) is 0.859. The van der Waals surface area contributed by atoms with Gasteiger partial charge in [-0.05, 0) is 23.3 Å². The van der Waals surface area contributed by atoms with Gasteiger partial charge in [-0.1, -0.05) is 42.5 Å². The highest BCUT2D eigenvalue weighted by atomic mass is 32.2. The van der Waals surface area contributed by atoms with Crippen molar-refractivity contribution in [2.75, 3.05) is 18.6 Å². The molecule has 2 aromatic carbocycles. The van der Waals surface area contributed by atoms with Crippen LogP contribution in [0.25, 0.3) is 0 Å². The minimum Gasteiger partial charge on any atom is -0.324 e. The van der Waals surface area contributed by atoms with Crippen LogP contribution >= 0.6 is 0 Å². The van der Waals surface area contributed by atoms with Crippen molar-refractivity contribution < 1.29 is 13.2 Å². The molecular weight excluding hydrogens is 338 g/mol. The summed E-state index contributed by atoms with van der Waals surface area (Å²) >= 11 is 0. The Hall–Kier alpha value is -2.69. The van der Waals surface area contributed by atoms with E-state index in [0.717, 1.165) is 16.1 Å². The molecule has 1 amide bonds. The molecule has 0 saturated heterocycles. The molecule has 2 rings (SSSR count). The Morgan fingerprint density at radius 3 is 2.28 bits per heavy atom. The Balaban J connectivity index is 2.28. The van der Waals surface area contributed by atoms with E-state index in [1.165, 1.54) is 7.05 Å². The Morgan fingerprint density at radius 1 is 1.16 bits per heavy atom. The summed E-state index contributed by atoms with van der Waals surface area (Å²) in [6.07, 6.45) is 1.35.